The number of rotatable bonds is 5. The average Bonchev–Trinajstić information content (AvgIpc) is 2.85. The van der Waals surface area contributed by atoms with E-state index in [0.717, 1.165) is 22.6 Å². The number of nitrogens with zero attached hydrogens (tertiary/aromatic N) is 1. The van der Waals surface area contributed by atoms with Crippen molar-refractivity contribution in [3.63, 3.8) is 0 Å². The van der Waals surface area contributed by atoms with Gasteiger partial charge in [0, 0.05) is 5.69 Å². The zero-order valence-electron chi connectivity index (χ0n) is 14.4. The van der Waals surface area contributed by atoms with Crippen LogP contribution in [0.3, 0.4) is 0 Å². The molecular weight excluding hydrogens is 364 g/mol. The number of aromatic nitrogens is 1. The number of methoxy groups -OCH3 is 1. The Morgan fingerprint density at radius 1 is 1.32 bits per heavy atom. The van der Waals surface area contributed by atoms with Crippen molar-refractivity contribution >= 4 is 45.7 Å². The summed E-state index contributed by atoms with van der Waals surface area (Å²) < 4.78 is 9.97. The van der Waals surface area contributed by atoms with Gasteiger partial charge < -0.3 is 14.8 Å². The number of carbonyl (C=O) groups is 2. The number of hydrogen-bond donors (Lipinski definition) is 1. The van der Waals surface area contributed by atoms with Gasteiger partial charge in [-0.3, -0.25) is 4.79 Å². The van der Waals surface area contributed by atoms with E-state index >= 15 is 0 Å². The van der Waals surface area contributed by atoms with E-state index in [-0.39, 0.29) is 22.4 Å². The van der Waals surface area contributed by atoms with Crippen LogP contribution in [0.4, 0.5) is 10.8 Å². The molecule has 0 radical (unpaired) electrons. The van der Waals surface area contributed by atoms with Gasteiger partial charge in [0.2, 0.25) is 0 Å². The molecule has 0 unspecified atom stereocenters. The third-order valence-corrected chi connectivity index (χ3v) is 4.24. The Morgan fingerprint density at radius 3 is 2.68 bits per heavy atom. The molecular formula is C17H19ClN2O4S. The number of hydrogen-bond acceptors (Lipinski definition) is 7. The van der Waals surface area contributed by atoms with Gasteiger partial charge in [-0.25, -0.2) is 9.78 Å². The summed E-state index contributed by atoms with van der Waals surface area (Å²) in [4.78, 5) is 27.8. The molecule has 2 aromatic rings. The van der Waals surface area contributed by atoms with Crippen molar-refractivity contribution in [2.24, 2.45) is 0 Å². The van der Waals surface area contributed by atoms with Crippen molar-refractivity contribution in [1.82, 2.24) is 4.98 Å². The van der Waals surface area contributed by atoms with Crippen LogP contribution >= 0.6 is 22.9 Å². The molecule has 8 heteroatoms. The minimum atomic E-state index is -0.533. The van der Waals surface area contributed by atoms with Crippen LogP contribution < -0.4 is 5.32 Å². The lowest BCUT2D eigenvalue weighted by atomic mass is 10.1. The predicted octanol–water partition coefficient (Wildman–Crippen LogP) is 4.21. The fraction of sp³-hybridized carbons (Fsp3) is 0.353. The minimum absolute atomic E-state index is 0.0873. The summed E-state index contributed by atoms with van der Waals surface area (Å²) in [5.41, 5.74) is 1.01. The fourth-order valence-corrected chi connectivity index (χ4v) is 3.12. The second-order valence-corrected chi connectivity index (χ2v) is 7.58. The quantitative estimate of drug-likeness (QED) is 0.780. The Morgan fingerprint density at radius 2 is 2.04 bits per heavy atom. The van der Waals surface area contributed by atoms with Crippen LogP contribution in [0.1, 0.15) is 36.0 Å². The van der Waals surface area contributed by atoms with Crippen LogP contribution in [0.5, 0.6) is 0 Å². The van der Waals surface area contributed by atoms with Gasteiger partial charge in [0.05, 0.1) is 13.5 Å². The molecule has 1 aromatic carbocycles. The first kappa shape index (κ1) is 19.2. The first-order chi connectivity index (χ1) is 11.7. The van der Waals surface area contributed by atoms with Gasteiger partial charge in [0.1, 0.15) is 5.60 Å². The molecule has 1 heterocycles. The zero-order chi connectivity index (χ0) is 18.6. The first-order valence-corrected chi connectivity index (χ1v) is 8.70. The number of ether oxygens (including phenoxy) is 2. The molecule has 1 aromatic heterocycles. The van der Waals surface area contributed by atoms with E-state index in [0.29, 0.717) is 5.13 Å². The molecule has 0 saturated carbocycles. The van der Waals surface area contributed by atoms with Crippen molar-refractivity contribution in [1.29, 1.82) is 0 Å². The molecule has 0 bridgehead atoms. The monoisotopic (exact) mass is 382 g/mol. The Balaban J connectivity index is 2.09. The van der Waals surface area contributed by atoms with Gasteiger partial charge >= 0.3 is 11.9 Å². The van der Waals surface area contributed by atoms with Gasteiger partial charge in [0.25, 0.3) is 0 Å². The van der Waals surface area contributed by atoms with Gasteiger partial charge in [-0.15, -0.1) is 0 Å². The molecule has 134 valence electrons. The van der Waals surface area contributed by atoms with Crippen LogP contribution in [-0.4, -0.2) is 29.6 Å². The highest BCUT2D eigenvalue weighted by Gasteiger charge is 2.18. The number of carbonyl (C=O) groups excluding carboxylic acids is 2. The van der Waals surface area contributed by atoms with Crippen LogP contribution in [0.2, 0.25) is 5.15 Å². The van der Waals surface area contributed by atoms with Crippen molar-refractivity contribution in [2.45, 2.75) is 32.8 Å². The second kappa shape index (κ2) is 7.84. The molecule has 6 nitrogen and oxygen atoms in total. The van der Waals surface area contributed by atoms with Gasteiger partial charge in [-0.1, -0.05) is 35.1 Å². The molecule has 0 atom stereocenters. The van der Waals surface area contributed by atoms with Crippen molar-refractivity contribution in [3.05, 3.63) is 39.9 Å². The molecule has 1 N–H and O–H groups in total. The number of halogens is 1. The van der Waals surface area contributed by atoms with E-state index in [9.17, 15) is 9.59 Å². The molecule has 0 aliphatic heterocycles. The fourth-order valence-electron chi connectivity index (χ4n) is 2.00. The van der Waals surface area contributed by atoms with E-state index < -0.39 is 11.6 Å². The highest BCUT2D eigenvalue weighted by atomic mass is 35.5. The van der Waals surface area contributed by atoms with Gasteiger partial charge in [-0.05, 0) is 38.5 Å². The summed E-state index contributed by atoms with van der Waals surface area (Å²) in [6, 6.07) is 7.30. The van der Waals surface area contributed by atoms with Gasteiger partial charge in [0.15, 0.2) is 15.2 Å². The first-order valence-electron chi connectivity index (χ1n) is 7.50. The van der Waals surface area contributed by atoms with Crippen molar-refractivity contribution in [3.8, 4) is 0 Å². The maximum absolute atomic E-state index is 11.9. The summed E-state index contributed by atoms with van der Waals surface area (Å²) >= 11 is 7.04. The number of esters is 2. The van der Waals surface area contributed by atoms with E-state index in [1.54, 1.807) is 0 Å². The van der Waals surface area contributed by atoms with E-state index in [1.807, 2.05) is 45.0 Å². The molecule has 0 amide bonds. The van der Waals surface area contributed by atoms with Crippen LogP contribution in [0, 0.1) is 0 Å². The highest BCUT2D eigenvalue weighted by Crippen LogP contribution is 2.30. The minimum Gasteiger partial charge on any atom is -0.465 e. The number of nitrogens with one attached hydrogen (secondary N) is 1. The maximum atomic E-state index is 11.9. The summed E-state index contributed by atoms with van der Waals surface area (Å²) in [7, 11) is 1.28. The molecule has 0 saturated heterocycles. The van der Waals surface area contributed by atoms with Crippen LogP contribution in [-0.2, 0) is 20.7 Å². The smallest absolute Gasteiger partial charge is 0.351 e. The normalized spacial score (nSPS) is 11.1. The lowest BCUT2D eigenvalue weighted by Crippen LogP contribution is -2.24. The topological polar surface area (TPSA) is 77.5 Å². The lowest BCUT2D eigenvalue weighted by molar-refractivity contribution is -0.153. The second-order valence-electron chi connectivity index (χ2n) is 6.22. The number of anilines is 2. The third-order valence-electron chi connectivity index (χ3n) is 2.90. The molecule has 0 fully saturated rings. The SMILES string of the molecule is COC(=O)c1sc(Nc2cccc(CC(=O)OC(C)(C)C)c2)nc1Cl. The molecule has 0 aliphatic rings. The van der Waals surface area contributed by atoms with Crippen LogP contribution in [0.25, 0.3) is 0 Å². The van der Waals surface area contributed by atoms with Crippen molar-refractivity contribution in [2.75, 3.05) is 12.4 Å². The Labute approximate surface area is 155 Å². The summed E-state index contributed by atoms with van der Waals surface area (Å²) in [6.07, 6.45) is 0.166. The van der Waals surface area contributed by atoms with Gasteiger partial charge in [-0.2, -0.15) is 0 Å². The Kier molecular flexibility index (Phi) is 6.02. The van der Waals surface area contributed by atoms with E-state index in [4.69, 9.17) is 16.3 Å². The molecule has 25 heavy (non-hydrogen) atoms. The standard InChI is InChI=1S/C17H19ClN2O4S/c1-17(2,3)24-12(21)9-10-6-5-7-11(8-10)19-16-20-14(18)13(25-16)15(22)23-4/h5-8H,9H2,1-4H3,(H,19,20). The lowest BCUT2D eigenvalue weighted by Gasteiger charge is -2.19. The maximum Gasteiger partial charge on any atom is 0.351 e. The largest absolute Gasteiger partial charge is 0.465 e. The zero-order valence-corrected chi connectivity index (χ0v) is 16.0. The molecule has 0 aliphatic carbocycles. The highest BCUT2D eigenvalue weighted by molar-refractivity contribution is 7.18. The van der Waals surface area contributed by atoms with E-state index in [2.05, 4.69) is 15.0 Å². The Hall–Kier alpha value is -2.12. The van der Waals surface area contributed by atoms with E-state index in [1.165, 1.54) is 7.11 Å². The predicted molar refractivity (Wildman–Crippen MR) is 97.7 cm³/mol. The number of benzene rings is 1. The van der Waals surface area contributed by atoms with Crippen LogP contribution in [0.15, 0.2) is 24.3 Å². The Bertz CT molecular complexity index is 783. The molecule has 2 rings (SSSR count). The molecule has 0 spiro atoms. The summed E-state index contributed by atoms with van der Waals surface area (Å²) in [5.74, 6) is -0.829. The average molecular weight is 383 g/mol. The summed E-state index contributed by atoms with van der Waals surface area (Å²) in [5, 5.41) is 3.61. The van der Waals surface area contributed by atoms with Crippen molar-refractivity contribution < 1.29 is 19.1 Å². The third kappa shape index (κ3) is 5.72. The number of thiazole rings is 1. The summed E-state index contributed by atoms with van der Waals surface area (Å²) in [6.45, 7) is 5.48.